The van der Waals surface area contributed by atoms with Gasteiger partial charge in [0.1, 0.15) is 17.4 Å². The number of nitrogens with zero attached hydrogens (tertiary/aromatic N) is 7. The Morgan fingerprint density at radius 3 is 2.38 bits per heavy atom. The summed E-state index contributed by atoms with van der Waals surface area (Å²) in [4.78, 5) is 41.3. The number of methoxy groups -OCH3 is 1. The quantitative estimate of drug-likeness (QED) is 0.252. The maximum atomic E-state index is 14.7. The summed E-state index contributed by atoms with van der Waals surface area (Å²) in [5.41, 5.74) is 0.339. The summed E-state index contributed by atoms with van der Waals surface area (Å²) >= 11 is 0. The number of hydrogen-bond donors (Lipinski definition) is 1. The van der Waals surface area contributed by atoms with Crippen LogP contribution in [-0.4, -0.2) is 87.3 Å². The summed E-state index contributed by atoms with van der Waals surface area (Å²) in [5.74, 6) is 1.42. The van der Waals surface area contributed by atoms with Crippen LogP contribution in [-0.2, 0) is 28.8 Å². The van der Waals surface area contributed by atoms with Crippen molar-refractivity contribution >= 4 is 17.5 Å². The van der Waals surface area contributed by atoms with Gasteiger partial charge in [-0.1, -0.05) is 36.4 Å². The van der Waals surface area contributed by atoms with Gasteiger partial charge < -0.3 is 29.3 Å². The second-order valence-corrected chi connectivity index (χ2v) is 14.2. The standard InChI is InChI=1S/C38H40F3N7O5/c1-52-27-10-6-23(7-11-27)19-48-36(51)34(38(39,40)41)30(18-44-48)47-20-25-4-2-3-5-28(25)31(47)22-53-33-13-15-46(35(33)50)29-12-14-45(21-32(29)49)37-42-16-26(17-43-37)24-8-9-24/h2-7,10-11,16-18,24,29,31-33,49H,8-9,12-15,19-22H2,1H3/t29-,31?,32-,33?/m1/s1. The molecule has 1 amide bonds. The number of carbonyl (C=O) groups is 1. The van der Waals surface area contributed by atoms with Crippen molar-refractivity contribution in [3.05, 3.63) is 105 Å². The predicted molar refractivity (Wildman–Crippen MR) is 188 cm³/mol. The predicted octanol–water partition coefficient (Wildman–Crippen LogP) is 4.31. The number of carbonyl (C=O) groups excluding carboxylic acids is 1. The van der Waals surface area contributed by atoms with Crippen LogP contribution < -0.4 is 20.1 Å². The average molecular weight is 732 g/mol. The maximum absolute atomic E-state index is 14.7. The second kappa shape index (κ2) is 14.1. The molecule has 5 heterocycles. The first-order valence-corrected chi connectivity index (χ1v) is 17.9. The lowest BCUT2D eigenvalue weighted by molar-refractivity contribution is -0.141. The van der Waals surface area contributed by atoms with E-state index < -0.39 is 41.6 Å². The third-order valence-electron chi connectivity index (χ3n) is 10.8. The average Bonchev–Trinajstić information content (AvgIpc) is 3.86. The number of amides is 1. The van der Waals surface area contributed by atoms with Gasteiger partial charge in [-0.15, -0.1) is 0 Å². The molecule has 278 valence electrons. The summed E-state index contributed by atoms with van der Waals surface area (Å²) in [7, 11) is 1.51. The molecule has 2 saturated heterocycles. The monoisotopic (exact) mass is 731 g/mol. The molecule has 2 aromatic carbocycles. The van der Waals surface area contributed by atoms with Crippen molar-refractivity contribution in [2.45, 2.75) is 75.2 Å². The van der Waals surface area contributed by atoms with Crippen LogP contribution in [0.5, 0.6) is 5.75 Å². The lowest BCUT2D eigenvalue weighted by Crippen LogP contribution is -2.55. The first kappa shape index (κ1) is 35.0. The molecule has 0 bridgehead atoms. The van der Waals surface area contributed by atoms with E-state index in [2.05, 4.69) is 15.1 Å². The van der Waals surface area contributed by atoms with Gasteiger partial charge in [-0.2, -0.15) is 18.3 Å². The Kier molecular flexibility index (Phi) is 9.31. The van der Waals surface area contributed by atoms with E-state index in [1.54, 1.807) is 41.3 Å². The first-order chi connectivity index (χ1) is 25.6. The number of likely N-dealkylation sites (tertiary alicyclic amines) is 1. The van der Waals surface area contributed by atoms with E-state index in [1.165, 1.54) is 12.0 Å². The molecule has 15 heteroatoms. The van der Waals surface area contributed by atoms with Gasteiger partial charge in [0.05, 0.1) is 50.3 Å². The molecule has 4 aliphatic rings. The molecular formula is C38H40F3N7O5. The molecule has 0 spiro atoms. The molecule has 2 unspecified atom stereocenters. The van der Waals surface area contributed by atoms with Crippen molar-refractivity contribution in [2.24, 2.45) is 0 Å². The number of halogens is 3. The Bertz CT molecular complexity index is 2020. The van der Waals surface area contributed by atoms with Gasteiger partial charge in [-0.05, 0) is 59.6 Å². The lowest BCUT2D eigenvalue weighted by Gasteiger charge is -2.40. The number of alkyl halides is 3. The Balaban J connectivity index is 0.971. The number of rotatable bonds is 10. The third-order valence-corrected chi connectivity index (χ3v) is 10.8. The zero-order chi connectivity index (χ0) is 36.9. The molecule has 1 aliphatic carbocycles. The molecule has 4 aromatic rings. The summed E-state index contributed by atoms with van der Waals surface area (Å²) < 4.78 is 56.4. The van der Waals surface area contributed by atoms with Crippen LogP contribution in [0, 0.1) is 0 Å². The summed E-state index contributed by atoms with van der Waals surface area (Å²) in [6.45, 7) is 1.08. The number of fused-ring (bicyclic) bond motifs is 1. The fourth-order valence-electron chi connectivity index (χ4n) is 7.83. The minimum atomic E-state index is -4.97. The van der Waals surface area contributed by atoms with Gasteiger partial charge in [0.2, 0.25) is 5.95 Å². The van der Waals surface area contributed by atoms with Crippen molar-refractivity contribution in [3.63, 3.8) is 0 Å². The number of anilines is 2. The van der Waals surface area contributed by atoms with Crippen molar-refractivity contribution < 1.29 is 32.5 Å². The molecule has 1 N–H and O–H groups in total. The van der Waals surface area contributed by atoms with Gasteiger partial charge in [-0.25, -0.2) is 14.6 Å². The van der Waals surface area contributed by atoms with E-state index in [9.17, 15) is 27.9 Å². The SMILES string of the molecule is COc1ccc(Cn2ncc(N3Cc4ccccc4C3COC3CCN([C@@H]4CCN(c5ncc(C6CC6)cn5)C[C@H]4O)C3=O)c(C(F)(F)F)c2=O)cc1. The lowest BCUT2D eigenvalue weighted by atomic mass is 10.0. The first-order valence-electron chi connectivity index (χ1n) is 17.9. The minimum absolute atomic E-state index is 0.0946. The van der Waals surface area contributed by atoms with Crippen molar-refractivity contribution in [2.75, 3.05) is 43.2 Å². The van der Waals surface area contributed by atoms with Crippen LogP contribution in [0.25, 0.3) is 0 Å². The highest BCUT2D eigenvalue weighted by atomic mass is 19.4. The molecule has 3 fully saturated rings. The van der Waals surface area contributed by atoms with Crippen molar-refractivity contribution in [1.82, 2.24) is 24.6 Å². The number of hydrogen-bond acceptors (Lipinski definition) is 10. The molecule has 4 atom stereocenters. The van der Waals surface area contributed by atoms with E-state index >= 15 is 0 Å². The fourth-order valence-corrected chi connectivity index (χ4v) is 7.83. The van der Waals surface area contributed by atoms with Gasteiger partial charge in [0.25, 0.3) is 11.5 Å². The number of benzene rings is 2. The molecule has 53 heavy (non-hydrogen) atoms. The second-order valence-electron chi connectivity index (χ2n) is 14.2. The summed E-state index contributed by atoms with van der Waals surface area (Å²) in [6.07, 6.45) is 1.39. The maximum Gasteiger partial charge on any atom is 0.423 e. The Labute approximate surface area is 303 Å². The molecular weight excluding hydrogens is 691 g/mol. The number of aromatic nitrogens is 4. The van der Waals surface area contributed by atoms with Crippen LogP contribution >= 0.6 is 0 Å². The topological polar surface area (TPSA) is 126 Å². The largest absolute Gasteiger partial charge is 0.497 e. The van der Waals surface area contributed by atoms with E-state index in [-0.39, 0.29) is 37.8 Å². The molecule has 1 saturated carbocycles. The van der Waals surface area contributed by atoms with Crippen LogP contribution in [0.4, 0.5) is 24.8 Å². The summed E-state index contributed by atoms with van der Waals surface area (Å²) in [6, 6.07) is 12.8. The van der Waals surface area contributed by atoms with Crippen molar-refractivity contribution in [1.29, 1.82) is 0 Å². The third kappa shape index (κ3) is 6.95. The molecule has 12 nitrogen and oxygen atoms in total. The smallest absolute Gasteiger partial charge is 0.423 e. The van der Waals surface area contributed by atoms with Gasteiger partial charge in [0, 0.05) is 45.0 Å². The zero-order valence-corrected chi connectivity index (χ0v) is 29.2. The normalized spacial score (nSPS) is 23.1. The number of ether oxygens (including phenoxy) is 2. The van der Waals surface area contributed by atoms with E-state index in [0.29, 0.717) is 49.1 Å². The highest BCUT2D eigenvalue weighted by molar-refractivity contribution is 5.83. The van der Waals surface area contributed by atoms with Crippen LogP contribution in [0.3, 0.4) is 0 Å². The van der Waals surface area contributed by atoms with Crippen LogP contribution in [0.15, 0.2) is 71.9 Å². The molecule has 0 radical (unpaired) electrons. The number of β-amino-alcohol motifs (C(OH)–C–C–N with tert-alkyl or cyclic N) is 1. The Morgan fingerprint density at radius 1 is 0.925 bits per heavy atom. The molecule has 2 aromatic heterocycles. The minimum Gasteiger partial charge on any atom is -0.497 e. The van der Waals surface area contributed by atoms with E-state index in [0.717, 1.165) is 40.4 Å². The van der Waals surface area contributed by atoms with E-state index in [1.807, 2.05) is 29.4 Å². The van der Waals surface area contributed by atoms with Crippen molar-refractivity contribution in [3.8, 4) is 5.75 Å². The van der Waals surface area contributed by atoms with Gasteiger partial charge in [0.15, 0.2) is 0 Å². The molecule has 8 rings (SSSR count). The Hall–Kier alpha value is -5.02. The highest BCUT2D eigenvalue weighted by Crippen LogP contribution is 2.43. The van der Waals surface area contributed by atoms with Gasteiger partial charge >= 0.3 is 6.18 Å². The van der Waals surface area contributed by atoms with Crippen LogP contribution in [0.1, 0.15) is 65.5 Å². The van der Waals surface area contributed by atoms with E-state index in [4.69, 9.17) is 9.47 Å². The molecule has 3 aliphatic heterocycles. The van der Waals surface area contributed by atoms with Crippen LogP contribution in [0.2, 0.25) is 0 Å². The number of aliphatic hydroxyl groups is 1. The number of piperidine rings is 1. The highest BCUT2D eigenvalue weighted by Gasteiger charge is 2.45. The zero-order valence-electron chi connectivity index (χ0n) is 29.2. The fraction of sp³-hybridized carbons (Fsp3) is 0.447. The number of aliphatic hydroxyl groups excluding tert-OH is 1. The Morgan fingerprint density at radius 2 is 1.68 bits per heavy atom. The summed E-state index contributed by atoms with van der Waals surface area (Å²) in [5, 5.41) is 15.3. The van der Waals surface area contributed by atoms with Gasteiger partial charge in [-0.3, -0.25) is 9.59 Å².